The quantitative estimate of drug-likeness (QED) is 0.306. The fourth-order valence-corrected chi connectivity index (χ4v) is 1.07. The highest BCUT2D eigenvalue weighted by Gasteiger charge is 2.02. The Kier molecular flexibility index (Phi) is 6.44. The molecule has 13 heavy (non-hydrogen) atoms. The number of esters is 1. The Bertz CT molecular complexity index is 212. The molecule has 0 aromatic heterocycles. The minimum Gasteiger partial charge on any atom is -0.462 e. The lowest BCUT2D eigenvalue weighted by molar-refractivity contribution is -0.139. The van der Waals surface area contributed by atoms with E-state index in [-0.39, 0.29) is 12.4 Å². The van der Waals surface area contributed by atoms with E-state index in [1.807, 2.05) is 0 Å². The van der Waals surface area contributed by atoms with Crippen molar-refractivity contribution >= 4 is 17.0 Å². The lowest BCUT2D eigenvalue weighted by Gasteiger charge is -2.02. The molecule has 0 rings (SSSR count). The zero-order chi connectivity index (χ0) is 10.3. The van der Waals surface area contributed by atoms with Crippen LogP contribution in [0.5, 0.6) is 0 Å². The summed E-state index contributed by atoms with van der Waals surface area (Å²) in [6.07, 6.45) is 1.18. The number of hydrogen-bond acceptors (Lipinski definition) is 3. The Balaban J connectivity index is 3.31. The van der Waals surface area contributed by atoms with E-state index < -0.39 is 17.0 Å². The summed E-state index contributed by atoms with van der Waals surface area (Å²) in [6.45, 7) is 5.27. The Morgan fingerprint density at radius 3 is 2.62 bits per heavy atom. The van der Waals surface area contributed by atoms with Gasteiger partial charge in [0, 0.05) is 11.3 Å². The average molecular weight is 206 g/mol. The van der Waals surface area contributed by atoms with Gasteiger partial charge in [0.25, 0.3) is 0 Å². The molecule has 0 heterocycles. The van der Waals surface area contributed by atoms with E-state index in [9.17, 15) is 9.00 Å². The second-order valence-electron chi connectivity index (χ2n) is 2.65. The first-order valence-corrected chi connectivity index (χ1v) is 5.21. The fraction of sp³-hybridized carbons (Fsp3) is 0.625. The molecule has 1 unspecified atom stereocenters. The first kappa shape index (κ1) is 12.3. The zero-order valence-electron chi connectivity index (χ0n) is 7.62. The third-order valence-electron chi connectivity index (χ3n) is 1.29. The molecule has 0 aromatic rings. The van der Waals surface area contributed by atoms with Gasteiger partial charge < -0.3 is 9.29 Å². The molecule has 0 saturated carbocycles. The van der Waals surface area contributed by atoms with Crippen molar-refractivity contribution in [2.24, 2.45) is 0 Å². The van der Waals surface area contributed by atoms with Gasteiger partial charge in [-0.1, -0.05) is 6.58 Å². The number of hydrogen-bond donors (Lipinski definition) is 1. The molecule has 1 atom stereocenters. The van der Waals surface area contributed by atoms with Crippen LogP contribution in [0.3, 0.4) is 0 Å². The van der Waals surface area contributed by atoms with Gasteiger partial charge in [-0.25, -0.2) is 9.00 Å². The van der Waals surface area contributed by atoms with E-state index in [0.29, 0.717) is 18.4 Å². The normalized spacial score (nSPS) is 12.2. The molecule has 4 nitrogen and oxygen atoms in total. The van der Waals surface area contributed by atoms with Gasteiger partial charge >= 0.3 is 5.97 Å². The van der Waals surface area contributed by atoms with Crippen LogP contribution in [-0.4, -0.2) is 27.1 Å². The second-order valence-corrected chi connectivity index (χ2v) is 3.70. The minimum atomic E-state index is -1.75. The second kappa shape index (κ2) is 6.80. The SMILES string of the molecule is C=C(C)C(=O)OCCCCS(=O)O. The molecule has 0 radical (unpaired) electrons. The maximum absolute atomic E-state index is 10.8. The van der Waals surface area contributed by atoms with Crippen molar-refractivity contribution in [3.63, 3.8) is 0 Å². The van der Waals surface area contributed by atoms with E-state index in [0.717, 1.165) is 0 Å². The highest BCUT2D eigenvalue weighted by Crippen LogP contribution is 1.96. The van der Waals surface area contributed by atoms with Crippen LogP contribution in [0.1, 0.15) is 19.8 Å². The number of carbonyl (C=O) groups excluding carboxylic acids is 1. The Hall–Kier alpha value is -0.680. The van der Waals surface area contributed by atoms with Crippen molar-refractivity contribution in [2.45, 2.75) is 19.8 Å². The van der Waals surface area contributed by atoms with Gasteiger partial charge in [0.2, 0.25) is 0 Å². The van der Waals surface area contributed by atoms with E-state index >= 15 is 0 Å². The van der Waals surface area contributed by atoms with Gasteiger partial charge in [0.1, 0.15) is 0 Å². The molecule has 76 valence electrons. The first-order chi connectivity index (χ1) is 6.04. The summed E-state index contributed by atoms with van der Waals surface area (Å²) in [6, 6.07) is 0. The molecule has 5 heteroatoms. The summed E-state index contributed by atoms with van der Waals surface area (Å²) in [4.78, 5) is 10.8. The predicted octanol–water partition coefficient (Wildman–Crippen LogP) is 1.11. The number of carbonyl (C=O) groups is 1. The van der Waals surface area contributed by atoms with Crippen molar-refractivity contribution < 1.29 is 18.3 Å². The van der Waals surface area contributed by atoms with E-state index in [2.05, 4.69) is 6.58 Å². The molecule has 0 saturated heterocycles. The lowest BCUT2D eigenvalue weighted by Crippen LogP contribution is -2.07. The van der Waals surface area contributed by atoms with Crippen LogP contribution >= 0.6 is 0 Å². The largest absolute Gasteiger partial charge is 0.462 e. The predicted molar refractivity (Wildman–Crippen MR) is 50.6 cm³/mol. The Labute approximate surface area is 80.3 Å². The number of rotatable bonds is 6. The van der Waals surface area contributed by atoms with Crippen LogP contribution in [0.4, 0.5) is 0 Å². The summed E-state index contributed by atoms with van der Waals surface area (Å²) in [5, 5.41) is 0. The molecule has 0 aliphatic carbocycles. The summed E-state index contributed by atoms with van der Waals surface area (Å²) in [5.41, 5.74) is 0.366. The maximum atomic E-state index is 10.8. The Morgan fingerprint density at radius 1 is 1.54 bits per heavy atom. The molecular weight excluding hydrogens is 192 g/mol. The topological polar surface area (TPSA) is 63.6 Å². The lowest BCUT2D eigenvalue weighted by atomic mass is 10.3. The molecule has 0 bridgehead atoms. The van der Waals surface area contributed by atoms with Crippen LogP contribution in [0.2, 0.25) is 0 Å². The smallest absolute Gasteiger partial charge is 0.333 e. The summed E-state index contributed by atoms with van der Waals surface area (Å²) < 4.78 is 23.4. The van der Waals surface area contributed by atoms with Gasteiger partial charge in [-0.3, -0.25) is 0 Å². The third-order valence-corrected chi connectivity index (χ3v) is 1.93. The van der Waals surface area contributed by atoms with Crippen LogP contribution < -0.4 is 0 Å². The van der Waals surface area contributed by atoms with Gasteiger partial charge in [0.15, 0.2) is 11.1 Å². The van der Waals surface area contributed by atoms with Gasteiger partial charge in [0.05, 0.1) is 6.61 Å². The highest BCUT2D eigenvalue weighted by molar-refractivity contribution is 7.79. The first-order valence-electron chi connectivity index (χ1n) is 3.94. The van der Waals surface area contributed by atoms with Crippen molar-refractivity contribution in [3.8, 4) is 0 Å². The summed E-state index contributed by atoms with van der Waals surface area (Å²) >= 11 is -1.75. The Morgan fingerprint density at radius 2 is 2.15 bits per heavy atom. The number of unbranched alkanes of at least 4 members (excludes halogenated alkanes) is 1. The monoisotopic (exact) mass is 206 g/mol. The van der Waals surface area contributed by atoms with Gasteiger partial charge in [-0.05, 0) is 19.8 Å². The number of ether oxygens (including phenoxy) is 1. The molecule has 0 aliphatic rings. The minimum absolute atomic E-state index is 0.227. The van der Waals surface area contributed by atoms with Crippen LogP contribution in [0, 0.1) is 0 Å². The summed E-state index contributed by atoms with van der Waals surface area (Å²) in [5.74, 6) is -0.185. The fourth-order valence-electron chi connectivity index (χ4n) is 0.616. The van der Waals surface area contributed by atoms with E-state index in [4.69, 9.17) is 9.29 Å². The van der Waals surface area contributed by atoms with Gasteiger partial charge in [-0.15, -0.1) is 0 Å². The molecule has 1 N–H and O–H groups in total. The molecule has 0 amide bonds. The molecule has 0 fully saturated rings. The summed E-state index contributed by atoms with van der Waals surface area (Å²) in [7, 11) is 0. The molecule has 0 spiro atoms. The van der Waals surface area contributed by atoms with Crippen molar-refractivity contribution in [1.29, 1.82) is 0 Å². The van der Waals surface area contributed by atoms with Crippen molar-refractivity contribution in [1.82, 2.24) is 0 Å². The third kappa shape index (κ3) is 7.67. The molecular formula is C8H14O4S. The van der Waals surface area contributed by atoms with Crippen LogP contribution in [0.15, 0.2) is 12.2 Å². The zero-order valence-corrected chi connectivity index (χ0v) is 8.43. The van der Waals surface area contributed by atoms with Crippen molar-refractivity contribution in [2.75, 3.05) is 12.4 Å². The van der Waals surface area contributed by atoms with Gasteiger partial charge in [-0.2, -0.15) is 0 Å². The van der Waals surface area contributed by atoms with E-state index in [1.165, 1.54) is 0 Å². The van der Waals surface area contributed by atoms with Crippen LogP contribution in [0.25, 0.3) is 0 Å². The standard InChI is InChI=1S/C8H14O4S/c1-7(2)8(9)12-5-3-4-6-13(10)11/h1,3-6H2,2H3,(H,10,11). The molecule has 0 aliphatic heterocycles. The van der Waals surface area contributed by atoms with Crippen molar-refractivity contribution in [3.05, 3.63) is 12.2 Å². The highest BCUT2D eigenvalue weighted by atomic mass is 32.2. The van der Waals surface area contributed by atoms with Crippen LogP contribution in [-0.2, 0) is 20.6 Å². The average Bonchev–Trinajstić information content (AvgIpc) is 2.02. The van der Waals surface area contributed by atoms with E-state index in [1.54, 1.807) is 6.92 Å². The maximum Gasteiger partial charge on any atom is 0.333 e. The molecule has 0 aromatic carbocycles.